The molecule has 0 bridgehead atoms. The Labute approximate surface area is 87.5 Å². The molecule has 1 aromatic rings. The normalized spacial score (nSPS) is 11.8. The molecule has 1 N–H and O–H groups in total. The molecule has 0 aromatic carbocycles. The number of aromatic nitrogens is 2. The van der Waals surface area contributed by atoms with Gasteiger partial charge in [-0.05, 0) is 20.9 Å². The van der Waals surface area contributed by atoms with E-state index in [9.17, 15) is 0 Å². The van der Waals surface area contributed by atoms with Gasteiger partial charge in [0.15, 0.2) is 0 Å². The van der Waals surface area contributed by atoms with Crippen LogP contribution in [0.4, 0.5) is 0 Å². The number of halogens is 2. The van der Waals surface area contributed by atoms with Crippen molar-refractivity contribution in [2.45, 2.75) is 19.4 Å². The molecule has 0 unspecified atom stereocenters. The molecule has 0 saturated carbocycles. The highest BCUT2D eigenvalue weighted by Crippen LogP contribution is 2.30. The second-order valence-electron chi connectivity index (χ2n) is 3.21. The Morgan fingerprint density at radius 3 is 2.08 bits per heavy atom. The van der Waals surface area contributed by atoms with Crippen molar-refractivity contribution < 1.29 is 0 Å². The summed E-state index contributed by atoms with van der Waals surface area (Å²) in [7, 11) is 1.83. The van der Waals surface area contributed by atoms with Gasteiger partial charge in [-0.1, -0.05) is 23.2 Å². The van der Waals surface area contributed by atoms with Crippen LogP contribution < -0.4 is 5.32 Å². The number of nitrogens with one attached hydrogen (secondary N) is 1. The largest absolute Gasteiger partial charge is 0.311 e. The van der Waals surface area contributed by atoms with Crippen molar-refractivity contribution >= 4 is 23.2 Å². The van der Waals surface area contributed by atoms with Gasteiger partial charge in [0.1, 0.15) is 16.6 Å². The Morgan fingerprint density at radius 1 is 1.23 bits per heavy atom. The fraction of sp³-hybridized carbons (Fsp3) is 0.500. The van der Waals surface area contributed by atoms with Gasteiger partial charge < -0.3 is 5.32 Å². The van der Waals surface area contributed by atoms with Gasteiger partial charge in [-0.3, -0.25) is 0 Å². The van der Waals surface area contributed by atoms with E-state index >= 15 is 0 Å². The van der Waals surface area contributed by atoms with Gasteiger partial charge in [-0.15, -0.1) is 0 Å². The second-order valence-corrected chi connectivity index (χ2v) is 3.92. The van der Waals surface area contributed by atoms with E-state index in [1.54, 1.807) is 0 Å². The third-order valence-corrected chi connectivity index (χ3v) is 2.58. The minimum atomic E-state index is -0.324. The van der Waals surface area contributed by atoms with Crippen LogP contribution in [0.15, 0.2) is 6.33 Å². The standard InChI is InChI=1S/C8H11Cl2N3/c1-8(2,11-3)5-6(9)12-4-13-7(5)10/h4,11H,1-3H3. The lowest BCUT2D eigenvalue weighted by atomic mass is 9.98. The lowest BCUT2D eigenvalue weighted by Crippen LogP contribution is -2.34. The number of hydrogen-bond donors (Lipinski definition) is 1. The van der Waals surface area contributed by atoms with Crippen molar-refractivity contribution in [1.82, 2.24) is 15.3 Å². The summed E-state index contributed by atoms with van der Waals surface area (Å²) in [5.74, 6) is 0. The molecule has 0 aliphatic carbocycles. The lowest BCUT2D eigenvalue weighted by molar-refractivity contribution is 0.442. The summed E-state index contributed by atoms with van der Waals surface area (Å²) in [6.45, 7) is 3.92. The molecule has 72 valence electrons. The van der Waals surface area contributed by atoms with Crippen LogP contribution >= 0.6 is 23.2 Å². The van der Waals surface area contributed by atoms with Crippen molar-refractivity contribution in [3.63, 3.8) is 0 Å². The van der Waals surface area contributed by atoms with E-state index in [0.29, 0.717) is 10.3 Å². The maximum atomic E-state index is 5.92. The molecule has 0 saturated heterocycles. The molecule has 0 aliphatic rings. The molecule has 13 heavy (non-hydrogen) atoms. The summed E-state index contributed by atoms with van der Waals surface area (Å²) in [6.07, 6.45) is 1.35. The van der Waals surface area contributed by atoms with Crippen molar-refractivity contribution in [3.05, 3.63) is 22.2 Å². The van der Waals surface area contributed by atoms with E-state index < -0.39 is 0 Å². The van der Waals surface area contributed by atoms with E-state index in [2.05, 4.69) is 15.3 Å². The average molecular weight is 220 g/mol. The molecule has 5 heteroatoms. The summed E-state index contributed by atoms with van der Waals surface area (Å²) in [5, 5.41) is 3.87. The van der Waals surface area contributed by atoms with Gasteiger partial charge in [0, 0.05) is 11.1 Å². The summed E-state index contributed by atoms with van der Waals surface area (Å²) in [4.78, 5) is 7.77. The molecule has 0 radical (unpaired) electrons. The Hall–Kier alpha value is -0.380. The summed E-state index contributed by atoms with van der Waals surface area (Å²) >= 11 is 11.8. The van der Waals surface area contributed by atoms with Gasteiger partial charge in [0.05, 0.1) is 0 Å². The van der Waals surface area contributed by atoms with Crippen LogP contribution in [0, 0.1) is 0 Å². The Balaban J connectivity index is 3.28. The first-order valence-electron chi connectivity index (χ1n) is 3.84. The Bertz CT molecular complexity index is 292. The maximum absolute atomic E-state index is 5.92. The van der Waals surface area contributed by atoms with Crippen LogP contribution in [0.1, 0.15) is 19.4 Å². The van der Waals surface area contributed by atoms with Crippen LogP contribution in [-0.4, -0.2) is 17.0 Å². The van der Waals surface area contributed by atoms with Crippen molar-refractivity contribution in [2.24, 2.45) is 0 Å². The second kappa shape index (κ2) is 3.78. The summed E-state index contributed by atoms with van der Waals surface area (Å²) in [5.41, 5.74) is 0.399. The Morgan fingerprint density at radius 2 is 1.69 bits per heavy atom. The zero-order chi connectivity index (χ0) is 10.1. The first kappa shape index (κ1) is 10.7. The molecule has 0 aliphatic heterocycles. The fourth-order valence-corrected chi connectivity index (χ4v) is 1.77. The maximum Gasteiger partial charge on any atom is 0.139 e. The Kier molecular flexibility index (Phi) is 3.11. The zero-order valence-corrected chi connectivity index (χ0v) is 9.24. The third-order valence-electron chi connectivity index (χ3n) is 2.00. The topological polar surface area (TPSA) is 37.8 Å². The smallest absolute Gasteiger partial charge is 0.139 e. The molecule has 0 amide bonds. The monoisotopic (exact) mass is 219 g/mol. The number of hydrogen-bond acceptors (Lipinski definition) is 3. The highest BCUT2D eigenvalue weighted by Gasteiger charge is 2.25. The van der Waals surface area contributed by atoms with Gasteiger partial charge >= 0.3 is 0 Å². The molecular formula is C8H11Cl2N3. The van der Waals surface area contributed by atoms with E-state index in [0.717, 1.165) is 5.56 Å². The van der Waals surface area contributed by atoms with Crippen LogP contribution in [0.25, 0.3) is 0 Å². The number of rotatable bonds is 2. The van der Waals surface area contributed by atoms with Gasteiger partial charge in [0.2, 0.25) is 0 Å². The van der Waals surface area contributed by atoms with Crippen molar-refractivity contribution in [3.8, 4) is 0 Å². The minimum absolute atomic E-state index is 0.324. The fourth-order valence-electron chi connectivity index (χ4n) is 0.985. The highest BCUT2D eigenvalue weighted by atomic mass is 35.5. The molecule has 0 spiro atoms. The van der Waals surface area contributed by atoms with Crippen LogP contribution in [0.2, 0.25) is 10.3 Å². The molecule has 3 nitrogen and oxygen atoms in total. The molecule has 1 rings (SSSR count). The zero-order valence-electron chi connectivity index (χ0n) is 7.73. The SMILES string of the molecule is CNC(C)(C)c1c(Cl)ncnc1Cl. The van der Waals surface area contributed by atoms with Crippen molar-refractivity contribution in [2.75, 3.05) is 7.05 Å². The predicted octanol–water partition coefficient (Wildman–Crippen LogP) is 2.24. The van der Waals surface area contributed by atoms with Gasteiger partial charge in [-0.25, -0.2) is 9.97 Å². The number of nitrogens with zero attached hydrogens (tertiary/aromatic N) is 2. The summed E-state index contributed by atoms with van der Waals surface area (Å²) in [6, 6.07) is 0. The predicted molar refractivity (Wildman–Crippen MR) is 54.1 cm³/mol. The first-order chi connectivity index (χ1) is 5.99. The van der Waals surface area contributed by atoms with E-state index in [1.165, 1.54) is 6.33 Å². The van der Waals surface area contributed by atoms with E-state index in [4.69, 9.17) is 23.2 Å². The van der Waals surface area contributed by atoms with Crippen LogP contribution in [-0.2, 0) is 5.54 Å². The quantitative estimate of drug-likeness (QED) is 0.776. The molecule has 0 fully saturated rings. The summed E-state index contributed by atoms with van der Waals surface area (Å²) < 4.78 is 0. The van der Waals surface area contributed by atoms with E-state index in [1.807, 2.05) is 20.9 Å². The molecule has 1 heterocycles. The third kappa shape index (κ3) is 2.10. The van der Waals surface area contributed by atoms with Crippen molar-refractivity contribution in [1.29, 1.82) is 0 Å². The van der Waals surface area contributed by atoms with Crippen LogP contribution in [0.5, 0.6) is 0 Å². The van der Waals surface area contributed by atoms with Crippen LogP contribution in [0.3, 0.4) is 0 Å². The van der Waals surface area contributed by atoms with Gasteiger partial charge in [0.25, 0.3) is 0 Å². The highest BCUT2D eigenvalue weighted by molar-refractivity contribution is 6.34. The average Bonchev–Trinajstić information content (AvgIpc) is 2.03. The lowest BCUT2D eigenvalue weighted by Gasteiger charge is -2.25. The minimum Gasteiger partial charge on any atom is -0.311 e. The first-order valence-corrected chi connectivity index (χ1v) is 4.60. The molecule has 1 aromatic heterocycles. The van der Waals surface area contributed by atoms with E-state index in [-0.39, 0.29) is 5.54 Å². The molecule has 0 atom stereocenters. The van der Waals surface area contributed by atoms with Gasteiger partial charge in [-0.2, -0.15) is 0 Å². The molecular weight excluding hydrogens is 209 g/mol.